The molecule has 0 atom stereocenters. The van der Waals surface area contributed by atoms with Crippen molar-refractivity contribution >= 4 is 64.2 Å². The Morgan fingerprint density at radius 3 is 2.00 bits per heavy atom. The minimum absolute atomic E-state index is 0.127. The maximum absolute atomic E-state index is 12.3. The number of aromatic amines is 2. The fourth-order valence-electron chi connectivity index (χ4n) is 6.87. The number of carbonyl (C=O) groups excluding carboxylic acids is 2. The molecule has 19 nitrogen and oxygen atoms in total. The van der Waals surface area contributed by atoms with Crippen LogP contribution in [0.4, 0.5) is 40.6 Å². The van der Waals surface area contributed by atoms with Crippen LogP contribution >= 0.6 is 11.8 Å². The molecule has 0 bridgehead atoms. The van der Waals surface area contributed by atoms with Gasteiger partial charge in [-0.25, -0.2) is 19.9 Å². The van der Waals surface area contributed by atoms with Crippen molar-refractivity contribution < 1.29 is 14.3 Å². The highest BCUT2D eigenvalue weighted by atomic mass is 32.2. The number of thioether (sulfide) groups is 1. The molecule has 0 unspecified atom stereocenters. The number of aromatic nitrogens is 8. The molecule has 9 rings (SSSR count). The summed E-state index contributed by atoms with van der Waals surface area (Å²) < 4.78 is 5.35. The van der Waals surface area contributed by atoms with E-state index in [-0.39, 0.29) is 23.7 Å². The first-order valence-electron chi connectivity index (χ1n) is 23.2. The summed E-state index contributed by atoms with van der Waals surface area (Å²) in [6, 6.07) is 15.4. The monoisotopic (exact) mass is 945 g/mol. The van der Waals surface area contributed by atoms with E-state index in [4.69, 9.17) is 4.74 Å². The van der Waals surface area contributed by atoms with Crippen molar-refractivity contribution in [3.8, 4) is 0 Å². The van der Waals surface area contributed by atoms with Crippen LogP contribution in [0.3, 0.4) is 0 Å². The molecule has 2 saturated carbocycles. The Hall–Kier alpha value is -6.61. The van der Waals surface area contributed by atoms with Gasteiger partial charge in [-0.15, -0.1) is 0 Å². The van der Waals surface area contributed by atoms with Crippen LogP contribution in [-0.2, 0) is 14.3 Å². The van der Waals surface area contributed by atoms with E-state index in [9.17, 15) is 9.59 Å². The van der Waals surface area contributed by atoms with Crippen molar-refractivity contribution in [2.75, 3.05) is 93.2 Å². The third kappa shape index (κ3) is 16.9. The maximum atomic E-state index is 12.3. The number of amides is 2. The van der Waals surface area contributed by atoms with Gasteiger partial charge in [-0.05, 0) is 84.3 Å². The predicted molar refractivity (Wildman–Crippen MR) is 269 cm³/mol. The van der Waals surface area contributed by atoms with Crippen molar-refractivity contribution in [3.05, 3.63) is 107 Å². The topological polar surface area (TPSA) is 231 Å². The van der Waals surface area contributed by atoms with Crippen LogP contribution in [0.15, 0.2) is 101 Å². The molecule has 360 valence electrons. The summed E-state index contributed by atoms with van der Waals surface area (Å²) in [6.45, 7) is 11.1. The SMILES string of the molecule is CN(C)CCNc1cc(Nc2ccn[nH]2)nc(SC2=CCC=C(NC(=O)C3CCC3)C=C2)n1.Cc1ccc(NC(=O)C2CC2)cc1.Cc1nc(NCCN2CCOCC2)cc(Nc2ccn[nH]2)n1. The Morgan fingerprint density at radius 1 is 0.750 bits per heavy atom. The van der Waals surface area contributed by atoms with E-state index < -0.39 is 0 Å². The smallest absolute Gasteiger partial charge is 0.227 e. The second-order valence-electron chi connectivity index (χ2n) is 17.1. The highest BCUT2D eigenvalue weighted by Gasteiger charge is 2.29. The van der Waals surface area contributed by atoms with E-state index in [1.165, 1.54) is 17.3 Å². The summed E-state index contributed by atoms with van der Waals surface area (Å²) in [7, 11) is 4.08. The number of likely N-dealkylation sites (N-methyl/N-ethyl adjacent to an activating group) is 1. The van der Waals surface area contributed by atoms with E-state index in [0.717, 1.165) is 142 Å². The zero-order valence-electron chi connectivity index (χ0n) is 39.3. The number of nitrogens with one attached hydrogen (secondary N) is 8. The van der Waals surface area contributed by atoms with E-state index in [0.29, 0.717) is 11.0 Å². The number of nitrogens with zero attached hydrogens (tertiary/aromatic N) is 8. The zero-order chi connectivity index (χ0) is 47.5. The molecule has 5 heterocycles. The minimum Gasteiger partial charge on any atom is -0.379 e. The molecule has 4 aliphatic rings. The number of anilines is 7. The van der Waals surface area contributed by atoms with E-state index in [1.807, 2.05) is 94.7 Å². The molecular formula is C48H64N16O3S. The second kappa shape index (κ2) is 25.5. The fourth-order valence-corrected chi connectivity index (χ4v) is 7.69. The highest BCUT2D eigenvalue weighted by Crippen LogP contribution is 2.31. The van der Waals surface area contributed by atoms with Gasteiger partial charge < -0.3 is 41.5 Å². The van der Waals surface area contributed by atoms with Crippen LogP contribution in [0.2, 0.25) is 0 Å². The molecule has 1 saturated heterocycles. The van der Waals surface area contributed by atoms with Gasteiger partial charge >= 0.3 is 0 Å². The molecule has 1 aliphatic heterocycles. The van der Waals surface area contributed by atoms with Gasteiger partial charge in [-0.1, -0.05) is 48.0 Å². The van der Waals surface area contributed by atoms with Crippen molar-refractivity contribution in [1.82, 2.24) is 55.4 Å². The lowest BCUT2D eigenvalue weighted by Gasteiger charge is -2.26. The first-order chi connectivity index (χ1) is 33.1. The quantitative estimate of drug-likeness (QED) is 0.0414. The molecule has 0 spiro atoms. The molecule has 3 aliphatic carbocycles. The van der Waals surface area contributed by atoms with Crippen molar-refractivity contribution in [1.29, 1.82) is 0 Å². The lowest BCUT2D eigenvalue weighted by molar-refractivity contribution is -0.126. The minimum atomic E-state index is 0.127. The van der Waals surface area contributed by atoms with Gasteiger partial charge in [0.25, 0.3) is 0 Å². The molecule has 68 heavy (non-hydrogen) atoms. The molecule has 0 radical (unpaired) electrons. The third-order valence-electron chi connectivity index (χ3n) is 11.1. The van der Waals surface area contributed by atoms with Crippen LogP contribution in [0.5, 0.6) is 0 Å². The number of H-pyrrole nitrogens is 2. The fraction of sp³-hybridized carbons (Fsp3) is 0.417. The van der Waals surface area contributed by atoms with Gasteiger partial charge in [0.1, 0.15) is 40.7 Å². The molecular weight excluding hydrogens is 881 g/mol. The number of rotatable bonds is 18. The first-order valence-corrected chi connectivity index (χ1v) is 24.1. The van der Waals surface area contributed by atoms with Gasteiger partial charge in [0.2, 0.25) is 11.8 Å². The van der Waals surface area contributed by atoms with Crippen LogP contribution in [-0.4, -0.2) is 129 Å². The van der Waals surface area contributed by atoms with Crippen LogP contribution < -0.4 is 31.9 Å². The highest BCUT2D eigenvalue weighted by molar-refractivity contribution is 8.03. The molecule has 20 heteroatoms. The van der Waals surface area contributed by atoms with Crippen LogP contribution in [0.1, 0.15) is 49.9 Å². The predicted octanol–water partition coefficient (Wildman–Crippen LogP) is 6.99. The van der Waals surface area contributed by atoms with E-state index in [1.54, 1.807) is 12.4 Å². The normalized spacial score (nSPS) is 15.8. The molecule has 8 N–H and O–H groups in total. The lowest BCUT2D eigenvalue weighted by Crippen LogP contribution is -2.39. The Kier molecular flexibility index (Phi) is 18.5. The van der Waals surface area contributed by atoms with E-state index in [2.05, 4.69) is 88.1 Å². The molecule has 1 aromatic carbocycles. The number of morpholine rings is 1. The number of benzene rings is 1. The Morgan fingerprint density at radius 2 is 1.37 bits per heavy atom. The Labute approximate surface area is 402 Å². The van der Waals surface area contributed by atoms with Crippen molar-refractivity contribution in [2.45, 2.75) is 57.5 Å². The summed E-state index contributed by atoms with van der Waals surface area (Å²) in [4.78, 5) is 47.3. The van der Waals surface area contributed by atoms with Gasteiger partial charge in [-0.3, -0.25) is 24.7 Å². The largest absolute Gasteiger partial charge is 0.379 e. The Bertz CT molecular complexity index is 2440. The number of ether oxygens (including phenoxy) is 1. The van der Waals surface area contributed by atoms with Gasteiger partial charge in [0.15, 0.2) is 5.16 Å². The number of hydrogen-bond acceptors (Lipinski definition) is 16. The summed E-state index contributed by atoms with van der Waals surface area (Å²) in [5.41, 5.74) is 2.97. The average molecular weight is 945 g/mol. The number of carbonyl (C=O) groups is 2. The summed E-state index contributed by atoms with van der Waals surface area (Å²) in [5, 5.41) is 33.3. The molecule has 3 fully saturated rings. The van der Waals surface area contributed by atoms with Crippen LogP contribution in [0, 0.1) is 25.7 Å². The second-order valence-corrected chi connectivity index (χ2v) is 18.1. The summed E-state index contributed by atoms with van der Waals surface area (Å²) in [5.74, 6) is 6.02. The molecule has 2 amide bonds. The van der Waals surface area contributed by atoms with Gasteiger partial charge in [-0.2, -0.15) is 10.2 Å². The van der Waals surface area contributed by atoms with Crippen LogP contribution in [0.25, 0.3) is 0 Å². The third-order valence-corrected chi connectivity index (χ3v) is 12.0. The molecule has 5 aromatic rings. The Balaban J connectivity index is 0.000000167. The number of hydrogen-bond donors (Lipinski definition) is 8. The maximum Gasteiger partial charge on any atom is 0.227 e. The average Bonchev–Trinajstić information content (AvgIpc) is 3.88. The number of aryl methyl sites for hydroxylation is 2. The van der Waals surface area contributed by atoms with Gasteiger partial charge in [0.05, 0.1) is 25.6 Å². The summed E-state index contributed by atoms with van der Waals surface area (Å²) in [6.07, 6.45) is 17.4. The molecule has 4 aromatic heterocycles. The van der Waals surface area contributed by atoms with Gasteiger partial charge in [0, 0.05) is 91.7 Å². The van der Waals surface area contributed by atoms with Crippen molar-refractivity contribution in [3.63, 3.8) is 0 Å². The standard InChI is InChI=1S/C23H30N8OS.C14H21N7O.C11H13NO/c1-31(2)14-13-24-20-15-21(27-19-11-12-25-30-19)29-23(28-20)33-18-8-4-7-17(9-10-18)26-22(32)16-5-3-6-16;1-11-17-13(15-4-5-21-6-8-22-9-7-21)10-14(18-11)19-12-2-3-16-20-12;1-8-2-6-10(7-3-8)12-11(13)9-4-5-9/h7-12,15-16H,3-6,13-14H2,1-2H3,(H,26,32)(H3,24,25,27,28,29,30);2-3,10H,4-9H2,1H3,(H3,15,16,17,18,19,20);2-3,6-7,9H,4-5H2,1H3,(H,12,13). The first kappa shape index (κ1) is 49.3. The van der Waals surface area contributed by atoms with E-state index >= 15 is 0 Å². The lowest BCUT2D eigenvalue weighted by atomic mass is 9.85. The summed E-state index contributed by atoms with van der Waals surface area (Å²) >= 11 is 1.49. The number of allylic oxidation sites excluding steroid dienone is 4. The zero-order valence-corrected chi connectivity index (χ0v) is 40.2. The van der Waals surface area contributed by atoms with Crippen molar-refractivity contribution in [2.24, 2.45) is 11.8 Å².